The van der Waals surface area contributed by atoms with Crippen molar-refractivity contribution in [3.8, 4) is 16.9 Å². The lowest BCUT2D eigenvalue weighted by Crippen LogP contribution is -2.20. The molecule has 0 fully saturated rings. The fourth-order valence-electron chi connectivity index (χ4n) is 3.37. The predicted molar refractivity (Wildman–Crippen MR) is 125 cm³/mol. The minimum Gasteiger partial charge on any atom is -0.507 e. The van der Waals surface area contributed by atoms with Gasteiger partial charge in [0.05, 0.1) is 17.2 Å². The van der Waals surface area contributed by atoms with E-state index >= 15 is 0 Å². The zero-order chi connectivity index (χ0) is 22.1. The number of hydrogen-bond acceptors (Lipinski definition) is 4. The summed E-state index contributed by atoms with van der Waals surface area (Å²) in [6, 6.07) is 14.5. The van der Waals surface area contributed by atoms with Crippen molar-refractivity contribution in [1.82, 2.24) is 9.97 Å². The molecule has 0 unspecified atom stereocenters. The third kappa shape index (κ3) is 4.44. The van der Waals surface area contributed by atoms with E-state index in [1.54, 1.807) is 12.1 Å². The molecule has 0 radical (unpaired) electrons. The number of anilines is 2. The van der Waals surface area contributed by atoms with Crippen LogP contribution in [0.2, 0.25) is 5.02 Å². The Bertz CT molecular complexity index is 1300. The lowest BCUT2D eigenvalue weighted by molar-refractivity contribution is 0.262. The Morgan fingerprint density at radius 1 is 0.871 bits per heavy atom. The molecule has 0 aliphatic carbocycles. The first-order valence-electron chi connectivity index (χ1n) is 9.72. The highest BCUT2D eigenvalue weighted by molar-refractivity contribution is 6.31. The van der Waals surface area contributed by atoms with Crippen LogP contribution in [0.5, 0.6) is 5.75 Å². The number of phenols is 1. The van der Waals surface area contributed by atoms with Gasteiger partial charge in [-0.15, -0.1) is 0 Å². The van der Waals surface area contributed by atoms with Crippen molar-refractivity contribution in [3.63, 3.8) is 0 Å². The molecule has 4 aromatic rings. The van der Waals surface area contributed by atoms with Crippen molar-refractivity contribution >= 4 is 40.2 Å². The molecule has 7 heteroatoms. The number of nitrogens with one attached hydrogen (secondary N) is 2. The molecule has 4 rings (SSSR count). The van der Waals surface area contributed by atoms with Crippen LogP contribution in [0, 0.1) is 20.8 Å². The average molecular weight is 433 g/mol. The summed E-state index contributed by atoms with van der Waals surface area (Å²) in [4.78, 5) is 21.3. The maximum absolute atomic E-state index is 12.4. The molecule has 0 saturated heterocycles. The SMILES string of the molecule is Cc1ccc(Cl)cc1NC(=O)Nc1cnc2ccc(-c3cc(C)c(O)c(C)c3)cc2n1. The molecule has 0 aliphatic heterocycles. The molecule has 0 saturated carbocycles. The van der Waals surface area contributed by atoms with E-state index < -0.39 is 6.03 Å². The topological polar surface area (TPSA) is 87.1 Å². The van der Waals surface area contributed by atoms with E-state index in [9.17, 15) is 9.90 Å². The molecular weight excluding hydrogens is 412 g/mol. The Morgan fingerprint density at radius 3 is 2.35 bits per heavy atom. The van der Waals surface area contributed by atoms with Crippen LogP contribution in [-0.4, -0.2) is 21.1 Å². The minimum absolute atomic E-state index is 0.303. The molecule has 0 atom stereocenters. The van der Waals surface area contributed by atoms with E-state index in [1.165, 1.54) is 6.20 Å². The molecule has 3 N–H and O–H groups in total. The summed E-state index contributed by atoms with van der Waals surface area (Å²) in [7, 11) is 0. The third-order valence-corrected chi connectivity index (χ3v) is 5.29. The summed E-state index contributed by atoms with van der Waals surface area (Å²) in [6.45, 7) is 5.62. The van der Waals surface area contributed by atoms with E-state index in [1.807, 2.05) is 57.2 Å². The van der Waals surface area contributed by atoms with Gasteiger partial charge in [0.2, 0.25) is 0 Å². The molecule has 3 aromatic carbocycles. The number of halogens is 1. The predicted octanol–water partition coefficient (Wildman–Crippen LogP) is 6.23. The lowest BCUT2D eigenvalue weighted by atomic mass is 9.99. The van der Waals surface area contributed by atoms with Gasteiger partial charge in [-0.2, -0.15) is 0 Å². The van der Waals surface area contributed by atoms with Crippen LogP contribution in [0.3, 0.4) is 0 Å². The number of aryl methyl sites for hydroxylation is 3. The highest BCUT2D eigenvalue weighted by Crippen LogP contribution is 2.30. The van der Waals surface area contributed by atoms with Crippen LogP contribution in [-0.2, 0) is 0 Å². The number of urea groups is 1. The van der Waals surface area contributed by atoms with Gasteiger partial charge < -0.3 is 10.4 Å². The number of benzene rings is 3. The standard InChI is InChI=1S/C24H21ClN4O2/c1-13-4-6-18(25)11-20(13)28-24(31)29-22-12-26-19-7-5-16(10-21(19)27-22)17-8-14(2)23(30)15(3)9-17/h4-12,30H,1-3H3,(H2,27,28,29,31). The van der Waals surface area contributed by atoms with Crippen LogP contribution in [0.1, 0.15) is 16.7 Å². The van der Waals surface area contributed by atoms with E-state index in [0.29, 0.717) is 33.3 Å². The molecule has 31 heavy (non-hydrogen) atoms. The van der Waals surface area contributed by atoms with Gasteiger partial charge in [0.1, 0.15) is 5.75 Å². The minimum atomic E-state index is -0.431. The van der Waals surface area contributed by atoms with Crippen molar-refractivity contribution in [2.75, 3.05) is 10.6 Å². The summed E-state index contributed by atoms with van der Waals surface area (Å²) >= 11 is 6.01. The molecule has 0 spiro atoms. The van der Waals surface area contributed by atoms with Gasteiger partial charge >= 0.3 is 6.03 Å². The van der Waals surface area contributed by atoms with Crippen LogP contribution in [0.15, 0.2) is 54.7 Å². The molecule has 0 aliphatic rings. The van der Waals surface area contributed by atoms with E-state index in [2.05, 4.69) is 20.6 Å². The lowest BCUT2D eigenvalue weighted by Gasteiger charge is -2.11. The van der Waals surface area contributed by atoms with Gasteiger partial charge in [-0.3, -0.25) is 10.3 Å². The zero-order valence-corrected chi connectivity index (χ0v) is 18.1. The van der Waals surface area contributed by atoms with Gasteiger partial charge in [0.15, 0.2) is 5.82 Å². The molecule has 156 valence electrons. The maximum atomic E-state index is 12.4. The van der Waals surface area contributed by atoms with Gasteiger partial charge in [0.25, 0.3) is 0 Å². The number of hydrogen-bond donors (Lipinski definition) is 3. The number of amides is 2. The number of nitrogens with zero attached hydrogens (tertiary/aromatic N) is 2. The van der Waals surface area contributed by atoms with Gasteiger partial charge in [-0.1, -0.05) is 23.7 Å². The van der Waals surface area contributed by atoms with Gasteiger partial charge in [-0.05, 0) is 85.0 Å². The molecule has 1 aromatic heterocycles. The van der Waals surface area contributed by atoms with E-state index in [-0.39, 0.29) is 0 Å². The van der Waals surface area contributed by atoms with Crippen molar-refractivity contribution < 1.29 is 9.90 Å². The summed E-state index contributed by atoms with van der Waals surface area (Å²) < 4.78 is 0. The Morgan fingerprint density at radius 2 is 1.61 bits per heavy atom. The Hall–Kier alpha value is -3.64. The molecule has 0 bridgehead atoms. The van der Waals surface area contributed by atoms with E-state index in [4.69, 9.17) is 11.6 Å². The fraction of sp³-hybridized carbons (Fsp3) is 0.125. The Labute approximate surface area is 184 Å². The highest BCUT2D eigenvalue weighted by Gasteiger charge is 2.10. The van der Waals surface area contributed by atoms with Crippen molar-refractivity contribution in [2.45, 2.75) is 20.8 Å². The molecule has 1 heterocycles. The quantitative estimate of drug-likeness (QED) is 0.358. The van der Waals surface area contributed by atoms with Gasteiger partial charge in [0, 0.05) is 10.7 Å². The molecular formula is C24H21ClN4O2. The monoisotopic (exact) mass is 432 g/mol. The van der Waals surface area contributed by atoms with Crippen LogP contribution in [0.4, 0.5) is 16.3 Å². The summed E-state index contributed by atoms with van der Waals surface area (Å²) in [5, 5.41) is 16.1. The number of fused-ring (bicyclic) bond motifs is 1. The van der Waals surface area contributed by atoms with Crippen molar-refractivity contribution in [2.24, 2.45) is 0 Å². The Kier molecular flexibility index (Phi) is 5.48. The second-order valence-corrected chi connectivity index (χ2v) is 7.89. The first-order chi connectivity index (χ1) is 14.8. The molecule has 6 nitrogen and oxygen atoms in total. The first kappa shape index (κ1) is 20.6. The number of carbonyl (C=O) groups excluding carboxylic acids is 1. The summed E-state index contributed by atoms with van der Waals surface area (Å²) in [5.41, 5.74) is 6.43. The fourth-order valence-corrected chi connectivity index (χ4v) is 3.54. The first-order valence-corrected chi connectivity index (χ1v) is 10.1. The average Bonchev–Trinajstić information content (AvgIpc) is 2.73. The maximum Gasteiger partial charge on any atom is 0.324 e. The van der Waals surface area contributed by atoms with Crippen LogP contribution in [0.25, 0.3) is 22.2 Å². The number of phenolic OH excluding ortho intramolecular Hbond substituents is 1. The number of aromatic nitrogens is 2. The Balaban J connectivity index is 1.60. The summed E-state index contributed by atoms with van der Waals surface area (Å²) in [5.74, 6) is 0.636. The van der Waals surface area contributed by atoms with E-state index in [0.717, 1.165) is 27.8 Å². The van der Waals surface area contributed by atoms with Crippen molar-refractivity contribution in [1.29, 1.82) is 0 Å². The highest BCUT2D eigenvalue weighted by atomic mass is 35.5. The number of aromatic hydroxyl groups is 1. The smallest absolute Gasteiger partial charge is 0.324 e. The second kappa shape index (κ2) is 8.24. The largest absolute Gasteiger partial charge is 0.507 e. The van der Waals surface area contributed by atoms with Crippen LogP contribution >= 0.6 is 11.6 Å². The summed E-state index contributed by atoms with van der Waals surface area (Å²) in [6.07, 6.45) is 1.52. The third-order valence-electron chi connectivity index (χ3n) is 5.06. The number of carbonyl (C=O) groups is 1. The number of rotatable bonds is 3. The normalized spacial score (nSPS) is 10.8. The zero-order valence-electron chi connectivity index (χ0n) is 17.3. The van der Waals surface area contributed by atoms with Crippen molar-refractivity contribution in [3.05, 3.63) is 76.4 Å². The van der Waals surface area contributed by atoms with Gasteiger partial charge in [-0.25, -0.2) is 9.78 Å². The molecule has 2 amide bonds. The van der Waals surface area contributed by atoms with Crippen LogP contribution < -0.4 is 10.6 Å². The second-order valence-electron chi connectivity index (χ2n) is 7.46.